The molecule has 3 N–H and O–H groups in total. The molecule has 0 spiro atoms. The van der Waals surface area contributed by atoms with Crippen molar-refractivity contribution in [1.82, 2.24) is 16.0 Å². The zero-order chi connectivity index (χ0) is 28.9. The molecule has 40 heavy (non-hydrogen) atoms. The Balaban J connectivity index is 1.46. The molecule has 2 heterocycles. The van der Waals surface area contributed by atoms with E-state index in [1.165, 1.54) is 0 Å². The van der Waals surface area contributed by atoms with E-state index in [2.05, 4.69) is 16.0 Å². The van der Waals surface area contributed by atoms with Gasteiger partial charge in [0.05, 0.1) is 31.7 Å². The van der Waals surface area contributed by atoms with Crippen LogP contribution in [0.25, 0.3) is 0 Å². The monoisotopic (exact) mass is 555 g/mol. The smallest absolute Gasteiger partial charge is 0.225 e. The van der Waals surface area contributed by atoms with Crippen LogP contribution in [0.15, 0.2) is 24.3 Å². The lowest BCUT2D eigenvalue weighted by Crippen LogP contribution is -2.50. The second-order valence-corrected chi connectivity index (χ2v) is 11.7. The Labute approximate surface area is 235 Å². The highest BCUT2D eigenvalue weighted by atomic mass is 16.6. The van der Waals surface area contributed by atoms with Crippen LogP contribution in [0.2, 0.25) is 0 Å². The zero-order valence-corrected chi connectivity index (χ0v) is 23.6. The number of ether oxygens (including phenoxy) is 2. The summed E-state index contributed by atoms with van der Waals surface area (Å²) in [7, 11) is 1.57. The standard InChI is InChI=1S/C30H41N3O7/c1-18(32-29(38)22-15-26(35)31-16-22)25(34)14-21(12-20-8-10-23(39-3)11-9-20)28(37)33-24(13-19-6-4-5-7-19)27(36)30(2)17-40-30/h8-11,18-19,21-22,24H,4-7,12-17H2,1-3H3,(H,31,35)(H,32,38)(H,33,37)/t18-,21-,22-,24+,30-/m1/s1. The molecule has 5 atom stereocenters. The number of ketones is 2. The van der Waals surface area contributed by atoms with E-state index in [1.54, 1.807) is 33.1 Å². The molecule has 3 aliphatic rings. The molecule has 1 saturated carbocycles. The number of hydrogen-bond donors (Lipinski definition) is 3. The van der Waals surface area contributed by atoms with Gasteiger partial charge in [0.2, 0.25) is 17.7 Å². The Morgan fingerprint density at radius 3 is 2.38 bits per heavy atom. The van der Waals surface area contributed by atoms with Crippen LogP contribution in [0.5, 0.6) is 5.75 Å². The van der Waals surface area contributed by atoms with Crippen molar-refractivity contribution in [3.8, 4) is 5.75 Å². The van der Waals surface area contributed by atoms with Crippen LogP contribution in [0.4, 0.5) is 0 Å². The summed E-state index contributed by atoms with van der Waals surface area (Å²) in [4.78, 5) is 64.3. The van der Waals surface area contributed by atoms with E-state index in [0.717, 1.165) is 31.2 Å². The van der Waals surface area contributed by atoms with Gasteiger partial charge >= 0.3 is 0 Å². The molecule has 1 aromatic carbocycles. The minimum atomic E-state index is -0.868. The molecule has 1 aromatic rings. The molecule has 1 aliphatic carbocycles. The number of benzene rings is 1. The number of rotatable bonds is 14. The van der Waals surface area contributed by atoms with Crippen molar-refractivity contribution in [2.75, 3.05) is 20.3 Å². The van der Waals surface area contributed by atoms with Crippen LogP contribution in [0.3, 0.4) is 0 Å². The van der Waals surface area contributed by atoms with Gasteiger partial charge in [0, 0.05) is 25.3 Å². The molecule has 10 nitrogen and oxygen atoms in total. The van der Waals surface area contributed by atoms with Gasteiger partial charge < -0.3 is 25.4 Å². The van der Waals surface area contributed by atoms with Crippen LogP contribution in [-0.2, 0) is 35.1 Å². The molecule has 4 rings (SSSR count). The van der Waals surface area contributed by atoms with Crippen LogP contribution < -0.4 is 20.7 Å². The van der Waals surface area contributed by atoms with Crippen molar-refractivity contribution >= 4 is 29.3 Å². The number of epoxide rings is 1. The summed E-state index contributed by atoms with van der Waals surface area (Å²) in [6.45, 7) is 3.92. The molecule has 0 unspecified atom stereocenters. The third kappa shape index (κ3) is 7.68. The first-order valence-electron chi connectivity index (χ1n) is 14.3. The lowest BCUT2D eigenvalue weighted by atomic mass is 9.88. The summed E-state index contributed by atoms with van der Waals surface area (Å²) < 4.78 is 10.6. The fourth-order valence-corrected chi connectivity index (χ4v) is 5.65. The summed E-state index contributed by atoms with van der Waals surface area (Å²) in [6, 6.07) is 5.77. The van der Waals surface area contributed by atoms with E-state index in [0.29, 0.717) is 24.7 Å². The SMILES string of the molecule is COc1ccc(C[C@H](CC(=O)[C@@H](C)NC(=O)[C@H]2CNC(=O)C2)C(=O)N[C@@H](CC2CCCC2)C(=O)[C@@]2(C)CO2)cc1. The van der Waals surface area contributed by atoms with Crippen LogP contribution in [0, 0.1) is 17.8 Å². The van der Waals surface area contributed by atoms with E-state index in [4.69, 9.17) is 9.47 Å². The summed E-state index contributed by atoms with van der Waals surface area (Å²) in [5, 5.41) is 8.31. The van der Waals surface area contributed by atoms with Gasteiger partial charge in [-0.05, 0) is 50.3 Å². The van der Waals surface area contributed by atoms with Crippen molar-refractivity contribution in [3.05, 3.63) is 29.8 Å². The largest absolute Gasteiger partial charge is 0.497 e. The molecule has 0 bridgehead atoms. The van der Waals surface area contributed by atoms with Crippen molar-refractivity contribution in [1.29, 1.82) is 0 Å². The van der Waals surface area contributed by atoms with Gasteiger partial charge in [0.15, 0.2) is 11.6 Å². The molecule has 218 valence electrons. The maximum Gasteiger partial charge on any atom is 0.225 e. The number of amides is 3. The van der Waals surface area contributed by atoms with E-state index in [-0.39, 0.29) is 55.1 Å². The number of Topliss-reactive ketones (excluding diaryl/α,β-unsaturated/α-hetero) is 2. The predicted octanol–water partition coefficient (Wildman–Crippen LogP) is 1.88. The van der Waals surface area contributed by atoms with E-state index in [1.807, 2.05) is 12.1 Å². The fraction of sp³-hybridized carbons (Fsp3) is 0.633. The quantitative estimate of drug-likeness (QED) is 0.298. The molecule has 2 aliphatic heterocycles. The van der Waals surface area contributed by atoms with Crippen molar-refractivity contribution in [3.63, 3.8) is 0 Å². The topological polar surface area (TPSA) is 143 Å². The predicted molar refractivity (Wildman–Crippen MR) is 146 cm³/mol. The second kappa shape index (κ2) is 12.9. The minimum Gasteiger partial charge on any atom is -0.497 e. The molecular weight excluding hydrogens is 514 g/mol. The summed E-state index contributed by atoms with van der Waals surface area (Å²) in [5.74, 6) is -1.57. The Hall–Kier alpha value is -3.27. The van der Waals surface area contributed by atoms with Gasteiger partial charge in [-0.25, -0.2) is 0 Å². The van der Waals surface area contributed by atoms with Crippen LogP contribution in [-0.4, -0.2) is 67.2 Å². The maximum atomic E-state index is 13.7. The first kappa shape index (κ1) is 29.7. The zero-order valence-electron chi connectivity index (χ0n) is 23.6. The van der Waals surface area contributed by atoms with Crippen molar-refractivity contribution in [2.24, 2.45) is 17.8 Å². The average molecular weight is 556 g/mol. The maximum absolute atomic E-state index is 13.7. The van der Waals surface area contributed by atoms with Gasteiger partial charge in [-0.15, -0.1) is 0 Å². The van der Waals surface area contributed by atoms with Crippen LogP contribution in [0.1, 0.15) is 64.4 Å². The highest BCUT2D eigenvalue weighted by Crippen LogP contribution is 2.34. The molecule has 0 aromatic heterocycles. The van der Waals surface area contributed by atoms with Gasteiger partial charge in [0.1, 0.15) is 11.4 Å². The number of hydrogen-bond acceptors (Lipinski definition) is 7. The number of methoxy groups -OCH3 is 1. The summed E-state index contributed by atoms with van der Waals surface area (Å²) in [6.07, 6.45) is 5.13. The summed E-state index contributed by atoms with van der Waals surface area (Å²) >= 11 is 0. The van der Waals surface area contributed by atoms with Crippen molar-refractivity contribution < 1.29 is 33.4 Å². The highest BCUT2D eigenvalue weighted by Gasteiger charge is 2.50. The van der Waals surface area contributed by atoms with Gasteiger partial charge in [0.25, 0.3) is 0 Å². The number of carbonyl (C=O) groups is 5. The molecule has 2 saturated heterocycles. The van der Waals surface area contributed by atoms with Gasteiger partial charge in [-0.3, -0.25) is 24.0 Å². The Kier molecular flexibility index (Phi) is 9.60. The lowest BCUT2D eigenvalue weighted by molar-refractivity contribution is -0.135. The third-order valence-corrected chi connectivity index (χ3v) is 8.42. The Bertz CT molecular complexity index is 1110. The molecule has 3 amide bonds. The van der Waals surface area contributed by atoms with Crippen molar-refractivity contribution in [2.45, 2.75) is 82.9 Å². The van der Waals surface area contributed by atoms with E-state index >= 15 is 0 Å². The van der Waals surface area contributed by atoms with Gasteiger partial charge in [-0.1, -0.05) is 37.8 Å². The first-order chi connectivity index (χ1) is 19.1. The molecular formula is C30H41N3O7. The average Bonchev–Trinajstić information content (AvgIpc) is 3.28. The minimum absolute atomic E-state index is 0.0916. The van der Waals surface area contributed by atoms with E-state index < -0.39 is 29.5 Å². The molecule has 10 heteroatoms. The Morgan fingerprint density at radius 1 is 1.12 bits per heavy atom. The van der Waals surface area contributed by atoms with Crippen LogP contribution >= 0.6 is 0 Å². The third-order valence-electron chi connectivity index (χ3n) is 8.42. The molecule has 0 radical (unpaired) electrons. The normalized spacial score (nSPS) is 24.5. The first-order valence-corrected chi connectivity index (χ1v) is 14.3. The second-order valence-electron chi connectivity index (χ2n) is 11.7. The number of nitrogens with one attached hydrogen (secondary N) is 3. The Morgan fingerprint density at radius 2 is 1.80 bits per heavy atom. The summed E-state index contributed by atoms with van der Waals surface area (Å²) in [5.41, 5.74) is -0.0234. The lowest BCUT2D eigenvalue weighted by Gasteiger charge is -2.26. The highest BCUT2D eigenvalue weighted by molar-refractivity contribution is 5.98. The van der Waals surface area contributed by atoms with E-state index in [9.17, 15) is 24.0 Å². The number of carbonyl (C=O) groups excluding carboxylic acids is 5. The molecule has 3 fully saturated rings. The fourth-order valence-electron chi connectivity index (χ4n) is 5.65. The van der Waals surface area contributed by atoms with Gasteiger partial charge in [-0.2, -0.15) is 0 Å².